The molecule has 2 nitrogen and oxygen atoms in total. The van der Waals surface area contributed by atoms with Crippen LogP contribution < -0.4 is 0 Å². The van der Waals surface area contributed by atoms with Crippen molar-refractivity contribution >= 4 is 11.6 Å². The second kappa shape index (κ2) is 7.81. The molecule has 0 N–H and O–H groups in total. The van der Waals surface area contributed by atoms with Crippen LogP contribution in [0.3, 0.4) is 0 Å². The zero-order valence-electron chi connectivity index (χ0n) is 17.4. The minimum atomic E-state index is 0.227. The van der Waals surface area contributed by atoms with E-state index in [4.69, 9.17) is 0 Å². The number of ketones is 2. The van der Waals surface area contributed by atoms with Crippen LogP contribution in [0.1, 0.15) is 70.8 Å². The molecule has 2 heteroatoms. The van der Waals surface area contributed by atoms with Crippen LogP contribution >= 0.6 is 0 Å². The molecule has 0 aromatic heterocycles. The fourth-order valence-electron chi connectivity index (χ4n) is 6.53. The monoisotopic (exact) mass is 376 g/mol. The summed E-state index contributed by atoms with van der Waals surface area (Å²) in [6, 6.07) is 10.8. The first kappa shape index (κ1) is 19.4. The van der Waals surface area contributed by atoms with Gasteiger partial charge in [-0.1, -0.05) is 56.7 Å². The fourth-order valence-corrected chi connectivity index (χ4v) is 6.53. The van der Waals surface area contributed by atoms with Crippen LogP contribution in [0.15, 0.2) is 53.1 Å². The van der Waals surface area contributed by atoms with Gasteiger partial charge in [-0.3, -0.25) is 9.59 Å². The number of allylic oxidation sites excluding steroid dienone is 4. The van der Waals surface area contributed by atoms with E-state index < -0.39 is 0 Å². The summed E-state index contributed by atoms with van der Waals surface area (Å²) in [5.41, 5.74) is 5.70. The molecule has 0 radical (unpaired) electrons. The standard InChI is InChI=1S/C24H26O2.C2H6/c1-14-22(15-5-3-2-4-6-15)24-18-10-8-17(25)13-16(18)7-9-20(24)19-11-12-21(26)23(14)19;1-2/h2-6,13-14,19-20,22-23H,7-12H2,1H3;1-2H3/t14-,19?,20?,22+,23?;/m1./s1. The summed E-state index contributed by atoms with van der Waals surface area (Å²) < 4.78 is 0. The first-order chi connectivity index (χ1) is 13.6. The maximum Gasteiger partial charge on any atom is 0.156 e. The van der Waals surface area contributed by atoms with Gasteiger partial charge in [-0.2, -0.15) is 0 Å². The molecule has 1 aromatic carbocycles. The van der Waals surface area contributed by atoms with Crippen LogP contribution in [0.2, 0.25) is 0 Å². The van der Waals surface area contributed by atoms with Gasteiger partial charge < -0.3 is 0 Å². The lowest BCUT2D eigenvalue weighted by molar-refractivity contribution is -0.123. The van der Waals surface area contributed by atoms with E-state index in [1.54, 1.807) is 5.57 Å². The first-order valence-corrected chi connectivity index (χ1v) is 11.2. The Morgan fingerprint density at radius 1 is 0.893 bits per heavy atom. The quantitative estimate of drug-likeness (QED) is 0.599. The molecule has 28 heavy (non-hydrogen) atoms. The van der Waals surface area contributed by atoms with Crippen molar-refractivity contribution in [1.82, 2.24) is 0 Å². The third-order valence-electron chi connectivity index (χ3n) is 7.48. The number of benzene rings is 1. The predicted molar refractivity (Wildman–Crippen MR) is 113 cm³/mol. The molecule has 4 aliphatic rings. The number of carbonyl (C=O) groups is 2. The van der Waals surface area contributed by atoms with Gasteiger partial charge in [0.1, 0.15) is 5.78 Å². The van der Waals surface area contributed by atoms with E-state index in [1.165, 1.54) is 16.7 Å². The van der Waals surface area contributed by atoms with Gasteiger partial charge in [-0.05, 0) is 66.2 Å². The summed E-state index contributed by atoms with van der Waals surface area (Å²) in [6.45, 7) is 6.30. The SMILES string of the molecule is CC.C[C@H]1C2C(=O)CCC2C2CCC3=CC(=O)CCC3=C2[C@@H]1c1ccccc1. The van der Waals surface area contributed by atoms with Crippen LogP contribution in [0, 0.1) is 23.7 Å². The van der Waals surface area contributed by atoms with Crippen molar-refractivity contribution < 1.29 is 9.59 Å². The molecule has 1 aromatic rings. The molecule has 4 aliphatic carbocycles. The van der Waals surface area contributed by atoms with Gasteiger partial charge in [-0.25, -0.2) is 0 Å². The number of rotatable bonds is 1. The number of carbonyl (C=O) groups excluding carboxylic acids is 2. The van der Waals surface area contributed by atoms with E-state index in [0.29, 0.717) is 35.9 Å². The van der Waals surface area contributed by atoms with Gasteiger partial charge >= 0.3 is 0 Å². The number of hydrogen-bond donors (Lipinski definition) is 0. The Hall–Kier alpha value is -1.96. The normalized spacial score (nSPS) is 34.0. The zero-order valence-corrected chi connectivity index (χ0v) is 17.4. The maximum atomic E-state index is 12.7. The Labute approximate surface area is 169 Å². The average molecular weight is 377 g/mol. The minimum absolute atomic E-state index is 0.227. The van der Waals surface area contributed by atoms with Crippen molar-refractivity contribution in [3.05, 3.63) is 58.7 Å². The minimum Gasteiger partial charge on any atom is -0.299 e. The van der Waals surface area contributed by atoms with Crippen molar-refractivity contribution in [2.24, 2.45) is 23.7 Å². The molecule has 0 bridgehead atoms. The van der Waals surface area contributed by atoms with Gasteiger partial charge in [-0.15, -0.1) is 0 Å². The second-order valence-corrected chi connectivity index (χ2v) is 8.66. The van der Waals surface area contributed by atoms with Gasteiger partial charge in [0.2, 0.25) is 0 Å². The van der Waals surface area contributed by atoms with E-state index in [2.05, 4.69) is 37.3 Å². The first-order valence-electron chi connectivity index (χ1n) is 11.2. The van der Waals surface area contributed by atoms with Gasteiger partial charge in [0.25, 0.3) is 0 Å². The summed E-state index contributed by atoms with van der Waals surface area (Å²) in [5, 5.41) is 0. The fraction of sp³-hybridized carbons (Fsp3) is 0.538. The number of hydrogen-bond acceptors (Lipinski definition) is 2. The number of Topliss-reactive ketones (excluding diaryl/α,β-unsaturated/α-hetero) is 1. The van der Waals surface area contributed by atoms with Crippen molar-refractivity contribution in [3.8, 4) is 0 Å². The molecule has 5 atom stereocenters. The molecule has 3 unspecified atom stereocenters. The highest BCUT2D eigenvalue weighted by Crippen LogP contribution is 2.59. The summed E-state index contributed by atoms with van der Waals surface area (Å²) >= 11 is 0. The summed E-state index contributed by atoms with van der Waals surface area (Å²) in [7, 11) is 0. The highest BCUT2D eigenvalue weighted by molar-refractivity contribution is 5.93. The molecule has 5 rings (SSSR count). The maximum absolute atomic E-state index is 12.7. The molecule has 148 valence electrons. The highest BCUT2D eigenvalue weighted by atomic mass is 16.1. The van der Waals surface area contributed by atoms with Gasteiger partial charge in [0.05, 0.1) is 0 Å². The lowest BCUT2D eigenvalue weighted by Gasteiger charge is -2.49. The van der Waals surface area contributed by atoms with Crippen LogP contribution in [-0.4, -0.2) is 11.6 Å². The topological polar surface area (TPSA) is 34.1 Å². The predicted octanol–water partition coefficient (Wildman–Crippen LogP) is 6.04. The number of fused-ring (bicyclic) bond motifs is 4. The van der Waals surface area contributed by atoms with Crippen molar-refractivity contribution in [3.63, 3.8) is 0 Å². The molecular formula is C26H32O2. The van der Waals surface area contributed by atoms with Crippen LogP contribution in [0.4, 0.5) is 0 Å². The van der Waals surface area contributed by atoms with E-state index in [1.807, 2.05) is 19.9 Å². The smallest absolute Gasteiger partial charge is 0.156 e. The highest BCUT2D eigenvalue weighted by Gasteiger charge is 2.53. The molecule has 0 amide bonds. The van der Waals surface area contributed by atoms with E-state index in [9.17, 15) is 9.59 Å². The van der Waals surface area contributed by atoms with E-state index >= 15 is 0 Å². The van der Waals surface area contributed by atoms with Crippen LogP contribution in [0.25, 0.3) is 0 Å². The van der Waals surface area contributed by atoms with Crippen LogP contribution in [-0.2, 0) is 9.59 Å². The molecule has 0 spiro atoms. The third kappa shape index (κ3) is 3.02. The van der Waals surface area contributed by atoms with Crippen molar-refractivity contribution in [2.45, 2.75) is 65.2 Å². The van der Waals surface area contributed by atoms with Crippen molar-refractivity contribution in [2.75, 3.05) is 0 Å². The molecular weight excluding hydrogens is 344 g/mol. The third-order valence-corrected chi connectivity index (χ3v) is 7.48. The zero-order chi connectivity index (χ0) is 19.8. The van der Waals surface area contributed by atoms with E-state index in [-0.39, 0.29) is 11.7 Å². The Balaban J connectivity index is 0.000000932. The molecule has 0 saturated heterocycles. The average Bonchev–Trinajstić information content (AvgIpc) is 3.12. The van der Waals surface area contributed by atoms with E-state index in [0.717, 1.165) is 32.1 Å². The summed E-state index contributed by atoms with van der Waals surface area (Å²) in [4.78, 5) is 24.7. The van der Waals surface area contributed by atoms with Gasteiger partial charge in [0.15, 0.2) is 5.78 Å². The largest absolute Gasteiger partial charge is 0.299 e. The lowest BCUT2D eigenvalue weighted by atomic mass is 9.54. The van der Waals surface area contributed by atoms with Crippen LogP contribution in [0.5, 0.6) is 0 Å². The van der Waals surface area contributed by atoms with Crippen molar-refractivity contribution in [1.29, 1.82) is 0 Å². The molecule has 0 aliphatic heterocycles. The second-order valence-electron chi connectivity index (χ2n) is 8.66. The molecule has 2 fully saturated rings. The Kier molecular flexibility index (Phi) is 5.40. The summed E-state index contributed by atoms with van der Waals surface area (Å²) in [6.07, 6.45) is 7.43. The Morgan fingerprint density at radius 2 is 1.64 bits per heavy atom. The Morgan fingerprint density at radius 3 is 2.39 bits per heavy atom. The van der Waals surface area contributed by atoms with Gasteiger partial charge in [0, 0.05) is 24.7 Å². The Bertz CT molecular complexity index is 829. The molecule has 2 saturated carbocycles. The summed E-state index contributed by atoms with van der Waals surface area (Å²) in [5.74, 6) is 2.76. The molecule has 0 heterocycles. The lowest BCUT2D eigenvalue weighted by Crippen LogP contribution is -2.42.